The molecular weight excluding hydrogens is 298 g/mol. The van der Waals surface area contributed by atoms with Gasteiger partial charge >= 0.3 is 0 Å². The van der Waals surface area contributed by atoms with E-state index in [-0.39, 0.29) is 0 Å². The lowest BCUT2D eigenvalue weighted by atomic mass is 10.2. The highest BCUT2D eigenvalue weighted by atomic mass is 16.5. The van der Waals surface area contributed by atoms with Crippen LogP contribution in [0.5, 0.6) is 11.5 Å². The summed E-state index contributed by atoms with van der Waals surface area (Å²) in [4.78, 5) is 4.36. The Hall–Kier alpha value is -3.33. The number of hydrogen-bond acceptors (Lipinski definition) is 3. The second kappa shape index (κ2) is 6.42. The van der Waals surface area contributed by atoms with Crippen molar-refractivity contribution in [3.05, 3.63) is 91.1 Å². The number of aromatic nitrogens is 1. The van der Waals surface area contributed by atoms with E-state index in [9.17, 15) is 0 Å². The molecule has 0 amide bonds. The van der Waals surface area contributed by atoms with E-state index in [4.69, 9.17) is 9.15 Å². The van der Waals surface area contributed by atoms with Crippen LogP contribution in [0.25, 0.3) is 22.8 Å². The van der Waals surface area contributed by atoms with Crippen LogP contribution < -0.4 is 4.74 Å². The van der Waals surface area contributed by atoms with Crippen LogP contribution in [0.1, 0.15) is 0 Å². The highest BCUT2D eigenvalue weighted by Gasteiger charge is 2.08. The molecular formula is C21H15NO2. The molecule has 0 N–H and O–H groups in total. The summed E-state index contributed by atoms with van der Waals surface area (Å²) in [5, 5.41) is 0. The summed E-state index contributed by atoms with van der Waals surface area (Å²) in [6, 6.07) is 27.4. The quantitative estimate of drug-likeness (QED) is 0.477. The van der Waals surface area contributed by atoms with E-state index in [1.807, 2.05) is 84.9 Å². The zero-order valence-corrected chi connectivity index (χ0v) is 12.9. The van der Waals surface area contributed by atoms with Crippen LogP contribution in [0.15, 0.2) is 95.5 Å². The van der Waals surface area contributed by atoms with E-state index in [0.29, 0.717) is 5.89 Å². The molecule has 0 bridgehead atoms. The average Bonchev–Trinajstić information content (AvgIpc) is 3.14. The molecule has 0 saturated heterocycles. The van der Waals surface area contributed by atoms with Gasteiger partial charge in [-0.1, -0.05) is 36.4 Å². The van der Waals surface area contributed by atoms with Crippen LogP contribution in [0.4, 0.5) is 0 Å². The first-order valence-electron chi connectivity index (χ1n) is 7.73. The molecule has 0 radical (unpaired) electrons. The minimum absolute atomic E-state index is 0.621. The third kappa shape index (κ3) is 3.06. The zero-order valence-electron chi connectivity index (χ0n) is 12.9. The summed E-state index contributed by atoms with van der Waals surface area (Å²) < 4.78 is 11.7. The van der Waals surface area contributed by atoms with Gasteiger partial charge in [0.25, 0.3) is 0 Å². The highest BCUT2D eigenvalue weighted by Crippen LogP contribution is 2.28. The topological polar surface area (TPSA) is 35.3 Å². The molecule has 4 aromatic rings. The number of hydrogen-bond donors (Lipinski definition) is 0. The second-order valence-electron chi connectivity index (χ2n) is 5.34. The lowest BCUT2D eigenvalue weighted by Gasteiger charge is -2.05. The molecule has 0 saturated carbocycles. The van der Waals surface area contributed by atoms with Crippen LogP contribution in [0.3, 0.4) is 0 Å². The zero-order chi connectivity index (χ0) is 16.2. The first kappa shape index (κ1) is 14.3. The molecule has 3 heteroatoms. The Bertz CT molecular complexity index is 913. The monoisotopic (exact) mass is 313 g/mol. The number of para-hydroxylation sites is 1. The van der Waals surface area contributed by atoms with Crippen molar-refractivity contribution in [3.63, 3.8) is 0 Å². The van der Waals surface area contributed by atoms with Gasteiger partial charge in [-0.2, -0.15) is 0 Å². The Labute approximate surface area is 140 Å². The Kier molecular flexibility index (Phi) is 3.82. The van der Waals surface area contributed by atoms with Gasteiger partial charge in [0, 0.05) is 11.1 Å². The summed E-state index contributed by atoms with van der Waals surface area (Å²) in [5.41, 5.74) is 1.93. The molecule has 0 fully saturated rings. The normalized spacial score (nSPS) is 10.5. The van der Waals surface area contributed by atoms with Gasteiger partial charge in [-0.05, 0) is 48.5 Å². The highest BCUT2D eigenvalue weighted by molar-refractivity contribution is 5.61. The van der Waals surface area contributed by atoms with Gasteiger partial charge < -0.3 is 9.15 Å². The summed E-state index contributed by atoms with van der Waals surface area (Å²) >= 11 is 0. The number of ether oxygens (including phenoxy) is 1. The standard InChI is InChI=1S/C21H15NO2/c1-3-7-17(8-4-1)21-22-15-20(24-21)16-11-13-19(14-12-16)23-18-9-5-2-6-10-18/h1-15H. The van der Waals surface area contributed by atoms with Crippen molar-refractivity contribution in [3.8, 4) is 34.3 Å². The van der Waals surface area contributed by atoms with E-state index >= 15 is 0 Å². The van der Waals surface area contributed by atoms with Gasteiger partial charge in [-0.15, -0.1) is 0 Å². The fourth-order valence-corrected chi connectivity index (χ4v) is 2.43. The molecule has 0 unspecified atom stereocenters. The molecule has 0 aliphatic carbocycles. The largest absolute Gasteiger partial charge is 0.457 e. The van der Waals surface area contributed by atoms with E-state index in [1.54, 1.807) is 6.20 Å². The van der Waals surface area contributed by atoms with Crippen molar-refractivity contribution in [2.45, 2.75) is 0 Å². The van der Waals surface area contributed by atoms with Crippen molar-refractivity contribution in [2.75, 3.05) is 0 Å². The van der Waals surface area contributed by atoms with E-state index in [2.05, 4.69) is 4.98 Å². The molecule has 0 atom stereocenters. The molecule has 3 aromatic carbocycles. The smallest absolute Gasteiger partial charge is 0.226 e. The molecule has 4 rings (SSSR count). The predicted molar refractivity (Wildman–Crippen MR) is 93.9 cm³/mol. The van der Waals surface area contributed by atoms with Crippen molar-refractivity contribution >= 4 is 0 Å². The maximum Gasteiger partial charge on any atom is 0.226 e. The molecule has 0 aliphatic rings. The minimum Gasteiger partial charge on any atom is -0.457 e. The molecule has 116 valence electrons. The Balaban J connectivity index is 1.54. The number of rotatable bonds is 4. The predicted octanol–water partition coefficient (Wildman–Crippen LogP) is 5.80. The first-order valence-corrected chi connectivity index (χ1v) is 7.73. The molecule has 3 nitrogen and oxygen atoms in total. The summed E-state index contributed by atoms with van der Waals surface area (Å²) in [5.74, 6) is 2.96. The Morgan fingerprint density at radius 1 is 0.625 bits per heavy atom. The van der Waals surface area contributed by atoms with Crippen molar-refractivity contribution in [1.29, 1.82) is 0 Å². The summed E-state index contributed by atoms with van der Waals surface area (Å²) in [6.07, 6.45) is 1.75. The minimum atomic E-state index is 0.621. The van der Waals surface area contributed by atoms with Gasteiger partial charge in [-0.25, -0.2) is 4.98 Å². The van der Waals surface area contributed by atoms with Crippen molar-refractivity contribution < 1.29 is 9.15 Å². The third-order valence-corrected chi connectivity index (χ3v) is 3.64. The van der Waals surface area contributed by atoms with Crippen LogP contribution >= 0.6 is 0 Å². The van der Waals surface area contributed by atoms with Crippen LogP contribution in [0, 0.1) is 0 Å². The molecule has 1 aromatic heterocycles. The summed E-state index contributed by atoms with van der Waals surface area (Å²) in [6.45, 7) is 0. The molecule has 1 heterocycles. The maximum absolute atomic E-state index is 5.86. The van der Waals surface area contributed by atoms with Gasteiger partial charge in [0.05, 0.1) is 6.20 Å². The Morgan fingerprint density at radius 3 is 1.96 bits per heavy atom. The lowest BCUT2D eigenvalue weighted by Crippen LogP contribution is -1.83. The van der Waals surface area contributed by atoms with Crippen LogP contribution in [-0.2, 0) is 0 Å². The van der Waals surface area contributed by atoms with Crippen LogP contribution in [-0.4, -0.2) is 4.98 Å². The maximum atomic E-state index is 5.86. The van der Waals surface area contributed by atoms with E-state index in [0.717, 1.165) is 28.4 Å². The van der Waals surface area contributed by atoms with Gasteiger partial charge in [0.1, 0.15) is 11.5 Å². The second-order valence-corrected chi connectivity index (χ2v) is 5.34. The molecule has 0 aliphatic heterocycles. The molecule has 24 heavy (non-hydrogen) atoms. The summed E-state index contributed by atoms with van der Waals surface area (Å²) in [7, 11) is 0. The third-order valence-electron chi connectivity index (χ3n) is 3.64. The SMILES string of the molecule is c1ccc(Oc2ccc(-c3cnc(-c4ccccc4)o3)cc2)cc1. The molecule has 0 spiro atoms. The van der Waals surface area contributed by atoms with E-state index < -0.39 is 0 Å². The number of nitrogens with zero attached hydrogens (tertiary/aromatic N) is 1. The van der Waals surface area contributed by atoms with Crippen molar-refractivity contribution in [2.24, 2.45) is 0 Å². The van der Waals surface area contributed by atoms with Gasteiger partial charge in [-0.3, -0.25) is 0 Å². The van der Waals surface area contributed by atoms with Gasteiger partial charge in [0.2, 0.25) is 5.89 Å². The van der Waals surface area contributed by atoms with E-state index in [1.165, 1.54) is 0 Å². The average molecular weight is 313 g/mol. The fraction of sp³-hybridized carbons (Fsp3) is 0. The van der Waals surface area contributed by atoms with Crippen LogP contribution in [0.2, 0.25) is 0 Å². The number of oxazole rings is 1. The van der Waals surface area contributed by atoms with Gasteiger partial charge in [0.15, 0.2) is 5.76 Å². The lowest BCUT2D eigenvalue weighted by molar-refractivity contribution is 0.482. The Morgan fingerprint density at radius 2 is 1.25 bits per heavy atom. The number of benzene rings is 3. The fourth-order valence-electron chi connectivity index (χ4n) is 2.43. The van der Waals surface area contributed by atoms with Crippen molar-refractivity contribution in [1.82, 2.24) is 4.98 Å². The first-order chi connectivity index (χ1) is 11.9.